The van der Waals surface area contributed by atoms with E-state index < -0.39 is 0 Å². The second-order valence-corrected chi connectivity index (χ2v) is 6.92. The Morgan fingerprint density at radius 3 is 2.62 bits per heavy atom. The van der Waals surface area contributed by atoms with Crippen LogP contribution >= 0.6 is 0 Å². The van der Waals surface area contributed by atoms with Crippen LogP contribution in [0.5, 0.6) is 0 Å². The van der Waals surface area contributed by atoms with E-state index in [1.807, 2.05) is 24.3 Å². The van der Waals surface area contributed by atoms with Gasteiger partial charge in [-0.3, -0.25) is 0 Å². The number of benzene rings is 2. The fourth-order valence-electron chi connectivity index (χ4n) is 3.73. The highest BCUT2D eigenvalue weighted by Crippen LogP contribution is 2.32. The highest BCUT2D eigenvalue weighted by Gasteiger charge is 2.14. The van der Waals surface area contributed by atoms with Crippen LogP contribution < -0.4 is 0 Å². The summed E-state index contributed by atoms with van der Waals surface area (Å²) in [5, 5.41) is 10.2. The predicted molar refractivity (Wildman–Crippen MR) is 105 cm³/mol. The Labute approximate surface area is 154 Å². The average Bonchev–Trinajstić information content (AvgIpc) is 3.27. The summed E-state index contributed by atoms with van der Waals surface area (Å²) in [6.45, 7) is 6.44. The molecule has 0 amide bonds. The molecule has 0 saturated heterocycles. The van der Waals surface area contributed by atoms with Gasteiger partial charge in [0.2, 0.25) is 0 Å². The minimum absolute atomic E-state index is 0.685. The number of aryl methyl sites for hydroxylation is 1. The lowest BCUT2D eigenvalue weighted by atomic mass is 9.97. The van der Waals surface area contributed by atoms with Crippen LogP contribution in [-0.2, 0) is 6.42 Å². The van der Waals surface area contributed by atoms with E-state index in [1.54, 1.807) is 0 Å². The Morgan fingerprint density at radius 1 is 1.12 bits per heavy atom. The molecular formula is C23H22N2O. The van der Waals surface area contributed by atoms with E-state index in [0.29, 0.717) is 5.56 Å². The van der Waals surface area contributed by atoms with Crippen LogP contribution in [0.15, 0.2) is 58.7 Å². The molecule has 1 aromatic heterocycles. The minimum Gasteiger partial charge on any atom is -0.461 e. The van der Waals surface area contributed by atoms with Crippen molar-refractivity contribution in [3.05, 3.63) is 71.1 Å². The number of allylic oxidation sites excluding steroid dienone is 1. The number of furan rings is 1. The maximum Gasteiger partial charge on any atom is 0.134 e. The second kappa shape index (κ2) is 6.72. The number of nitriles is 1. The van der Waals surface area contributed by atoms with Crippen molar-refractivity contribution in [2.24, 2.45) is 0 Å². The van der Waals surface area contributed by atoms with E-state index in [2.05, 4.69) is 49.1 Å². The van der Waals surface area contributed by atoms with E-state index in [4.69, 9.17) is 9.68 Å². The molecular weight excluding hydrogens is 320 g/mol. The highest BCUT2D eigenvalue weighted by atomic mass is 16.3. The summed E-state index contributed by atoms with van der Waals surface area (Å²) in [6, 6.07) is 16.3. The van der Waals surface area contributed by atoms with Crippen molar-refractivity contribution in [3.63, 3.8) is 0 Å². The monoisotopic (exact) mass is 342 g/mol. The van der Waals surface area contributed by atoms with E-state index in [1.165, 1.54) is 22.2 Å². The molecule has 3 aromatic rings. The van der Waals surface area contributed by atoms with Gasteiger partial charge in [-0.1, -0.05) is 24.3 Å². The van der Waals surface area contributed by atoms with Crippen LogP contribution in [0, 0.1) is 18.3 Å². The molecule has 0 bridgehead atoms. The average molecular weight is 342 g/mol. The number of hydrogen-bond donors (Lipinski definition) is 0. The standard InChI is InChI=1S/C23H22N2O/c1-16-4-3-12-25(16)13-11-20-14-22-17(2)21(9-10-23(22)26-20)19-7-5-18(15-24)6-8-19/h4-10,14H,3,11-13H2,1-2H3. The third-order valence-electron chi connectivity index (χ3n) is 5.31. The highest BCUT2D eigenvalue weighted by molar-refractivity contribution is 5.88. The summed E-state index contributed by atoms with van der Waals surface area (Å²) >= 11 is 0. The maximum atomic E-state index is 8.97. The first-order chi connectivity index (χ1) is 12.7. The Morgan fingerprint density at radius 2 is 1.92 bits per heavy atom. The van der Waals surface area contributed by atoms with Crippen molar-refractivity contribution in [1.82, 2.24) is 4.90 Å². The van der Waals surface area contributed by atoms with Crippen molar-refractivity contribution in [1.29, 1.82) is 5.26 Å². The summed E-state index contributed by atoms with van der Waals surface area (Å²) in [4.78, 5) is 2.42. The van der Waals surface area contributed by atoms with Crippen LogP contribution in [0.4, 0.5) is 0 Å². The number of hydrogen-bond acceptors (Lipinski definition) is 3. The number of rotatable bonds is 4. The van der Waals surface area contributed by atoms with Gasteiger partial charge >= 0.3 is 0 Å². The first-order valence-corrected chi connectivity index (χ1v) is 9.10. The van der Waals surface area contributed by atoms with Gasteiger partial charge in [-0.2, -0.15) is 5.26 Å². The maximum absolute atomic E-state index is 8.97. The molecule has 0 fully saturated rings. The van der Waals surface area contributed by atoms with Gasteiger partial charge in [0, 0.05) is 30.6 Å². The second-order valence-electron chi connectivity index (χ2n) is 6.92. The van der Waals surface area contributed by atoms with E-state index >= 15 is 0 Å². The molecule has 4 rings (SSSR count). The van der Waals surface area contributed by atoms with Crippen LogP contribution in [-0.4, -0.2) is 18.0 Å². The fraction of sp³-hybridized carbons (Fsp3) is 0.261. The summed E-state index contributed by atoms with van der Waals surface area (Å²) in [6.07, 6.45) is 4.37. The topological polar surface area (TPSA) is 40.2 Å². The van der Waals surface area contributed by atoms with Gasteiger partial charge in [0.05, 0.1) is 11.6 Å². The first-order valence-electron chi connectivity index (χ1n) is 9.10. The molecule has 0 N–H and O–H groups in total. The van der Waals surface area contributed by atoms with Crippen LogP contribution in [0.2, 0.25) is 0 Å². The Bertz CT molecular complexity index is 1020. The molecule has 1 aliphatic rings. The van der Waals surface area contributed by atoms with Crippen molar-refractivity contribution < 1.29 is 4.42 Å². The smallest absolute Gasteiger partial charge is 0.134 e. The zero-order chi connectivity index (χ0) is 18.1. The molecule has 0 unspecified atom stereocenters. The molecule has 2 aromatic carbocycles. The molecule has 3 nitrogen and oxygen atoms in total. The summed E-state index contributed by atoms with van der Waals surface area (Å²) < 4.78 is 6.08. The van der Waals surface area contributed by atoms with E-state index in [-0.39, 0.29) is 0 Å². The lowest BCUT2D eigenvalue weighted by molar-refractivity contribution is 0.367. The first kappa shape index (κ1) is 16.5. The fourth-order valence-corrected chi connectivity index (χ4v) is 3.73. The number of fused-ring (bicyclic) bond motifs is 1. The molecule has 130 valence electrons. The molecule has 1 aliphatic heterocycles. The van der Waals surface area contributed by atoms with Gasteiger partial charge in [-0.05, 0) is 61.2 Å². The van der Waals surface area contributed by atoms with E-state index in [9.17, 15) is 0 Å². The summed E-state index contributed by atoms with van der Waals surface area (Å²) in [5.41, 5.74) is 6.55. The Kier molecular flexibility index (Phi) is 4.26. The van der Waals surface area contributed by atoms with Crippen LogP contribution in [0.25, 0.3) is 22.1 Å². The molecule has 0 atom stereocenters. The lowest BCUT2D eigenvalue weighted by Crippen LogP contribution is -2.21. The normalized spacial score (nSPS) is 13.9. The van der Waals surface area contributed by atoms with Crippen molar-refractivity contribution in [3.8, 4) is 17.2 Å². The third kappa shape index (κ3) is 2.99. The zero-order valence-electron chi connectivity index (χ0n) is 15.2. The molecule has 2 heterocycles. The van der Waals surface area contributed by atoms with Gasteiger partial charge in [-0.15, -0.1) is 0 Å². The van der Waals surface area contributed by atoms with Crippen LogP contribution in [0.3, 0.4) is 0 Å². The molecule has 0 aliphatic carbocycles. The molecule has 3 heteroatoms. The molecule has 0 radical (unpaired) electrons. The van der Waals surface area contributed by atoms with Crippen molar-refractivity contribution >= 4 is 11.0 Å². The Hall–Kier alpha value is -2.99. The van der Waals surface area contributed by atoms with Gasteiger partial charge < -0.3 is 9.32 Å². The Balaban J connectivity index is 1.61. The summed E-state index contributed by atoms with van der Waals surface area (Å²) in [7, 11) is 0. The van der Waals surface area contributed by atoms with Crippen LogP contribution in [0.1, 0.15) is 30.2 Å². The van der Waals surface area contributed by atoms with E-state index in [0.717, 1.165) is 42.8 Å². The van der Waals surface area contributed by atoms with Crippen molar-refractivity contribution in [2.45, 2.75) is 26.7 Å². The van der Waals surface area contributed by atoms with Gasteiger partial charge in [0.25, 0.3) is 0 Å². The predicted octanol–water partition coefficient (Wildman–Crippen LogP) is 5.43. The third-order valence-corrected chi connectivity index (χ3v) is 5.31. The molecule has 0 saturated carbocycles. The summed E-state index contributed by atoms with van der Waals surface area (Å²) in [5.74, 6) is 1.04. The zero-order valence-corrected chi connectivity index (χ0v) is 15.2. The quantitative estimate of drug-likeness (QED) is 0.634. The molecule has 0 spiro atoms. The minimum atomic E-state index is 0.685. The number of nitrogens with zero attached hydrogens (tertiary/aromatic N) is 2. The van der Waals surface area contributed by atoms with Gasteiger partial charge in [0.15, 0.2) is 0 Å². The largest absolute Gasteiger partial charge is 0.461 e. The SMILES string of the molecule is CC1=CCCN1CCc1cc2c(C)c(-c3ccc(C#N)cc3)ccc2o1. The van der Waals surface area contributed by atoms with Gasteiger partial charge in [0.1, 0.15) is 11.3 Å². The molecule has 26 heavy (non-hydrogen) atoms. The van der Waals surface area contributed by atoms with Gasteiger partial charge in [-0.25, -0.2) is 0 Å². The van der Waals surface area contributed by atoms with Crippen molar-refractivity contribution in [2.75, 3.05) is 13.1 Å². The lowest BCUT2D eigenvalue weighted by Gasteiger charge is -2.18.